The van der Waals surface area contributed by atoms with Gasteiger partial charge in [0.1, 0.15) is 0 Å². The third-order valence-electron chi connectivity index (χ3n) is 4.35. The van der Waals surface area contributed by atoms with Crippen molar-refractivity contribution in [2.24, 2.45) is 0 Å². The molecule has 0 N–H and O–H groups in total. The van der Waals surface area contributed by atoms with Gasteiger partial charge in [0.2, 0.25) is 0 Å². The van der Waals surface area contributed by atoms with Crippen LogP contribution in [0.5, 0.6) is 23.0 Å². The zero-order valence-corrected chi connectivity index (χ0v) is 20.4. The van der Waals surface area contributed by atoms with Gasteiger partial charge in [-0.2, -0.15) is 24.3 Å². The Morgan fingerprint density at radius 3 is 1.14 bits per heavy atom. The molecule has 0 saturated heterocycles. The molecule has 0 amide bonds. The van der Waals surface area contributed by atoms with Crippen LogP contribution in [-0.4, -0.2) is 28.4 Å². The molecule has 0 aliphatic heterocycles. The van der Waals surface area contributed by atoms with Crippen molar-refractivity contribution in [3.05, 3.63) is 75.5 Å². The standard InChI is InChI=1S/2C11H11O2.2CH3.Zr/c2*1-12-10-6-7-11(13-2)9-5-3-4-8(9)10;;;/h2*3-7H,1-2H3;2*1H3;/q4*-1;+4. The fourth-order valence-electron chi connectivity index (χ4n) is 3.07. The van der Waals surface area contributed by atoms with Crippen LogP contribution in [0.1, 0.15) is 0 Å². The molecule has 0 atom stereocenters. The van der Waals surface area contributed by atoms with Crippen LogP contribution in [0.4, 0.5) is 0 Å². The van der Waals surface area contributed by atoms with Gasteiger partial charge in [-0.1, -0.05) is 22.9 Å². The zero-order chi connectivity index (χ0) is 18.5. The van der Waals surface area contributed by atoms with Crippen LogP contribution in [0, 0.1) is 14.9 Å². The first kappa shape index (κ1) is 26.7. The predicted octanol–water partition coefficient (Wildman–Crippen LogP) is 6.05. The van der Waals surface area contributed by atoms with Crippen molar-refractivity contribution in [2.45, 2.75) is 0 Å². The first-order valence-electron chi connectivity index (χ1n) is 8.26. The number of hydrogen-bond acceptors (Lipinski definition) is 4. The molecule has 5 heteroatoms. The average Bonchev–Trinajstić information content (AvgIpc) is 3.36. The fourth-order valence-corrected chi connectivity index (χ4v) is 3.07. The zero-order valence-electron chi connectivity index (χ0n) is 17.9. The maximum Gasteiger partial charge on any atom is 4.00 e. The number of hydrogen-bond donors (Lipinski definition) is 0. The number of rotatable bonds is 4. The Labute approximate surface area is 193 Å². The molecular weight excluding hydrogens is 443 g/mol. The van der Waals surface area contributed by atoms with Gasteiger partial charge in [0, 0.05) is 11.5 Å². The maximum absolute atomic E-state index is 5.23. The molecule has 0 aliphatic rings. The van der Waals surface area contributed by atoms with E-state index in [1.165, 1.54) is 0 Å². The molecule has 0 bridgehead atoms. The van der Waals surface area contributed by atoms with Crippen LogP contribution in [-0.2, 0) is 26.2 Å². The molecule has 4 nitrogen and oxygen atoms in total. The van der Waals surface area contributed by atoms with Crippen molar-refractivity contribution in [2.75, 3.05) is 28.4 Å². The number of ether oxygens (including phenoxy) is 4. The van der Waals surface area contributed by atoms with Crippen molar-refractivity contribution in [1.29, 1.82) is 0 Å². The second-order valence-electron chi connectivity index (χ2n) is 5.65. The molecule has 4 aromatic carbocycles. The Kier molecular flexibility index (Phi) is 11.4. The van der Waals surface area contributed by atoms with E-state index < -0.39 is 0 Å². The smallest absolute Gasteiger partial charge is 0.539 e. The molecule has 4 rings (SSSR count). The molecule has 0 aromatic heterocycles. The first-order chi connectivity index (χ1) is 12.7. The van der Waals surface area contributed by atoms with E-state index in [4.69, 9.17) is 18.9 Å². The summed E-state index contributed by atoms with van der Waals surface area (Å²) in [5.41, 5.74) is 0. The Morgan fingerprint density at radius 2 is 0.828 bits per heavy atom. The van der Waals surface area contributed by atoms with E-state index in [-0.39, 0.29) is 41.1 Å². The SMILES string of the molecule is COc1ccc(OC)c2[cH-]ccc12.COc1ccc(OC)c2[cH-]ccc12.[CH3-].[CH3-].[Zr+4]. The Morgan fingerprint density at radius 1 is 0.517 bits per heavy atom. The van der Waals surface area contributed by atoms with Gasteiger partial charge in [0.05, 0.1) is 39.9 Å². The number of benzene rings is 2. The van der Waals surface area contributed by atoms with Gasteiger partial charge in [-0.15, -0.1) is 22.9 Å². The van der Waals surface area contributed by atoms with Crippen LogP contribution < -0.4 is 18.9 Å². The summed E-state index contributed by atoms with van der Waals surface area (Å²) in [5, 5.41) is 4.40. The summed E-state index contributed by atoms with van der Waals surface area (Å²) in [6.07, 6.45) is 0. The van der Waals surface area contributed by atoms with Crippen molar-refractivity contribution in [1.82, 2.24) is 0 Å². The van der Waals surface area contributed by atoms with Crippen molar-refractivity contribution in [3.63, 3.8) is 0 Å². The van der Waals surface area contributed by atoms with Gasteiger partial charge >= 0.3 is 26.2 Å². The fraction of sp³-hybridized carbons (Fsp3) is 0.167. The van der Waals surface area contributed by atoms with E-state index in [1.807, 2.05) is 60.7 Å². The topological polar surface area (TPSA) is 36.9 Å². The van der Waals surface area contributed by atoms with Gasteiger partial charge in [-0.05, 0) is 12.1 Å². The van der Waals surface area contributed by atoms with Gasteiger partial charge in [-0.3, -0.25) is 0 Å². The summed E-state index contributed by atoms with van der Waals surface area (Å²) in [6.45, 7) is 0. The quantitative estimate of drug-likeness (QED) is 0.340. The Balaban J connectivity index is 0.000000490. The average molecular weight is 472 g/mol. The van der Waals surface area contributed by atoms with Crippen molar-refractivity contribution >= 4 is 21.5 Å². The van der Waals surface area contributed by atoms with Crippen LogP contribution >= 0.6 is 0 Å². The summed E-state index contributed by atoms with van der Waals surface area (Å²) < 4.78 is 20.9. The molecule has 0 saturated carbocycles. The van der Waals surface area contributed by atoms with E-state index in [1.54, 1.807) is 28.4 Å². The third-order valence-corrected chi connectivity index (χ3v) is 4.35. The van der Waals surface area contributed by atoms with Gasteiger partial charge in [-0.25, -0.2) is 0 Å². The minimum atomic E-state index is 0. The van der Waals surface area contributed by atoms with Crippen molar-refractivity contribution < 1.29 is 45.2 Å². The number of methoxy groups -OCH3 is 4. The van der Waals surface area contributed by atoms with Crippen molar-refractivity contribution in [3.8, 4) is 23.0 Å². The van der Waals surface area contributed by atoms with Gasteiger partial charge in [0.15, 0.2) is 0 Å². The largest absolute Gasteiger partial charge is 4.00 e. The van der Waals surface area contributed by atoms with E-state index in [0.717, 1.165) is 44.5 Å². The molecule has 0 radical (unpaired) electrons. The second-order valence-corrected chi connectivity index (χ2v) is 5.65. The summed E-state index contributed by atoms with van der Waals surface area (Å²) in [7, 11) is 6.70. The molecule has 0 aliphatic carbocycles. The minimum absolute atomic E-state index is 0. The Bertz CT molecular complexity index is 843. The minimum Gasteiger partial charge on any atom is -0.539 e. The van der Waals surface area contributed by atoms with Gasteiger partial charge < -0.3 is 33.8 Å². The maximum atomic E-state index is 5.23. The molecule has 29 heavy (non-hydrogen) atoms. The summed E-state index contributed by atoms with van der Waals surface area (Å²) in [5.74, 6) is 3.56. The summed E-state index contributed by atoms with van der Waals surface area (Å²) >= 11 is 0. The second kappa shape index (κ2) is 12.3. The van der Waals surface area contributed by atoms with Crippen LogP contribution in [0.25, 0.3) is 21.5 Å². The van der Waals surface area contributed by atoms with Crippen LogP contribution in [0.2, 0.25) is 0 Å². The molecule has 0 unspecified atom stereocenters. The van der Waals surface area contributed by atoms with E-state index in [2.05, 4.69) is 0 Å². The molecular formula is C24H28O4Zr. The molecule has 4 aromatic rings. The van der Waals surface area contributed by atoms with E-state index in [0.29, 0.717) is 0 Å². The van der Waals surface area contributed by atoms with E-state index in [9.17, 15) is 0 Å². The molecule has 152 valence electrons. The molecule has 0 heterocycles. The Hall–Kier alpha value is -2.26. The number of fused-ring (bicyclic) bond motifs is 2. The van der Waals surface area contributed by atoms with Gasteiger partial charge in [0.25, 0.3) is 0 Å². The predicted molar refractivity (Wildman–Crippen MR) is 118 cm³/mol. The monoisotopic (exact) mass is 470 g/mol. The van der Waals surface area contributed by atoms with Crippen LogP contribution in [0.15, 0.2) is 60.7 Å². The molecule has 0 fully saturated rings. The normalized spacial score (nSPS) is 9.24. The third kappa shape index (κ3) is 5.42. The van der Waals surface area contributed by atoms with Crippen LogP contribution in [0.3, 0.4) is 0 Å². The van der Waals surface area contributed by atoms with E-state index >= 15 is 0 Å². The first-order valence-corrected chi connectivity index (χ1v) is 8.26. The molecule has 0 spiro atoms. The summed E-state index contributed by atoms with van der Waals surface area (Å²) in [6, 6.07) is 19.8. The summed E-state index contributed by atoms with van der Waals surface area (Å²) in [4.78, 5) is 0.